The molecule has 0 spiro atoms. The molecule has 1 aliphatic carbocycles. The number of methoxy groups -OCH3 is 1. The van der Waals surface area contributed by atoms with Crippen LogP contribution in [0, 0.1) is 0 Å². The molecule has 0 radical (unpaired) electrons. The van der Waals surface area contributed by atoms with Gasteiger partial charge in [-0.1, -0.05) is 31.4 Å². The van der Waals surface area contributed by atoms with Gasteiger partial charge in [0.1, 0.15) is 11.4 Å². The summed E-state index contributed by atoms with van der Waals surface area (Å²) in [7, 11) is 1.65. The lowest BCUT2D eigenvalue weighted by atomic mass is 9.95. The molecule has 0 aliphatic heterocycles. The van der Waals surface area contributed by atoms with E-state index in [0.29, 0.717) is 11.7 Å². The van der Waals surface area contributed by atoms with E-state index in [1.807, 2.05) is 40.2 Å². The number of aromatic nitrogens is 2. The van der Waals surface area contributed by atoms with Crippen molar-refractivity contribution < 1.29 is 9.53 Å². The molecule has 6 heteroatoms. The topological polar surface area (TPSA) is 55.6 Å². The van der Waals surface area contributed by atoms with E-state index < -0.39 is 0 Å². The van der Waals surface area contributed by atoms with E-state index in [4.69, 9.17) is 4.74 Å². The summed E-state index contributed by atoms with van der Waals surface area (Å²) in [5.41, 5.74) is 2.48. The van der Waals surface area contributed by atoms with E-state index >= 15 is 0 Å². The average molecular weight is 355 g/mol. The monoisotopic (exact) mass is 355 g/mol. The fraction of sp³-hybridized carbons (Fsp3) is 0.368. The van der Waals surface area contributed by atoms with Crippen molar-refractivity contribution in [2.24, 2.45) is 0 Å². The lowest BCUT2D eigenvalue weighted by molar-refractivity contribution is 0.0922. The third kappa shape index (κ3) is 3.26. The summed E-state index contributed by atoms with van der Waals surface area (Å²) in [5, 5.41) is 5.06. The van der Waals surface area contributed by atoms with Crippen molar-refractivity contribution in [2.45, 2.75) is 38.1 Å². The predicted octanol–water partition coefficient (Wildman–Crippen LogP) is 4.13. The van der Waals surface area contributed by atoms with Crippen molar-refractivity contribution in [1.29, 1.82) is 0 Å². The van der Waals surface area contributed by atoms with Crippen molar-refractivity contribution in [3.63, 3.8) is 0 Å². The molecule has 130 valence electrons. The maximum absolute atomic E-state index is 12.7. The van der Waals surface area contributed by atoms with Crippen LogP contribution in [0.1, 0.15) is 42.6 Å². The second kappa shape index (κ2) is 6.88. The van der Waals surface area contributed by atoms with E-state index in [1.54, 1.807) is 7.11 Å². The number of carbonyl (C=O) groups is 1. The summed E-state index contributed by atoms with van der Waals surface area (Å²) < 4.78 is 7.17. The summed E-state index contributed by atoms with van der Waals surface area (Å²) in [6.07, 6.45) is 7.77. The average Bonchev–Trinajstić information content (AvgIpc) is 3.23. The summed E-state index contributed by atoms with van der Waals surface area (Å²) in [4.78, 5) is 18.1. The van der Waals surface area contributed by atoms with Crippen LogP contribution in [0.15, 0.2) is 35.8 Å². The first-order chi connectivity index (χ1) is 12.2. The number of fused-ring (bicyclic) bond motifs is 1. The summed E-state index contributed by atoms with van der Waals surface area (Å²) in [5.74, 6) is 0.789. The summed E-state index contributed by atoms with van der Waals surface area (Å²) in [6, 6.07) is 8.10. The van der Waals surface area contributed by atoms with E-state index in [2.05, 4.69) is 10.3 Å². The van der Waals surface area contributed by atoms with Crippen molar-refractivity contribution in [3.05, 3.63) is 41.5 Å². The van der Waals surface area contributed by atoms with Gasteiger partial charge in [-0.15, -0.1) is 11.3 Å². The largest absolute Gasteiger partial charge is 0.497 e. The van der Waals surface area contributed by atoms with Crippen LogP contribution >= 0.6 is 11.3 Å². The number of amides is 1. The Labute approximate surface area is 150 Å². The molecule has 1 saturated carbocycles. The number of carbonyl (C=O) groups excluding carboxylic acids is 1. The summed E-state index contributed by atoms with van der Waals surface area (Å²) >= 11 is 1.49. The molecule has 3 aromatic rings. The minimum Gasteiger partial charge on any atom is -0.497 e. The fourth-order valence-corrected chi connectivity index (χ4v) is 4.23. The Morgan fingerprint density at radius 3 is 2.96 bits per heavy atom. The molecule has 2 heterocycles. The molecule has 0 bridgehead atoms. The number of nitrogens with one attached hydrogen (secondary N) is 1. The van der Waals surface area contributed by atoms with E-state index in [0.717, 1.165) is 34.8 Å². The third-order valence-electron chi connectivity index (χ3n) is 4.75. The Kier molecular flexibility index (Phi) is 4.44. The Morgan fingerprint density at radius 1 is 1.32 bits per heavy atom. The van der Waals surface area contributed by atoms with Gasteiger partial charge in [-0.25, -0.2) is 4.98 Å². The molecular formula is C19H21N3O2S. The van der Waals surface area contributed by atoms with E-state index in [1.165, 1.54) is 30.6 Å². The highest BCUT2D eigenvalue weighted by Gasteiger charge is 2.20. The highest BCUT2D eigenvalue weighted by atomic mass is 32.1. The molecule has 0 atom stereocenters. The number of imidazole rings is 1. The second-order valence-electron chi connectivity index (χ2n) is 6.44. The molecule has 1 aromatic carbocycles. The van der Waals surface area contributed by atoms with Gasteiger partial charge in [-0.2, -0.15) is 0 Å². The van der Waals surface area contributed by atoms with Crippen LogP contribution in [-0.4, -0.2) is 28.4 Å². The lowest BCUT2D eigenvalue weighted by Crippen LogP contribution is -2.36. The van der Waals surface area contributed by atoms with Crippen molar-refractivity contribution in [3.8, 4) is 17.0 Å². The molecule has 4 rings (SSSR count). The van der Waals surface area contributed by atoms with Gasteiger partial charge in [0.05, 0.1) is 12.8 Å². The molecule has 1 amide bonds. The minimum atomic E-state index is -0.00672. The van der Waals surface area contributed by atoms with E-state index in [-0.39, 0.29) is 5.91 Å². The van der Waals surface area contributed by atoms with Gasteiger partial charge in [0.15, 0.2) is 4.96 Å². The number of ether oxygens (including phenoxy) is 1. The highest BCUT2D eigenvalue weighted by molar-refractivity contribution is 7.15. The van der Waals surface area contributed by atoms with Crippen LogP contribution in [0.2, 0.25) is 0 Å². The SMILES string of the molecule is COc1cccc(-c2cn3c(C(=O)NC4CCCCC4)csc3n2)c1. The van der Waals surface area contributed by atoms with Gasteiger partial charge in [0.2, 0.25) is 0 Å². The maximum Gasteiger partial charge on any atom is 0.269 e. The van der Waals surface area contributed by atoms with Crippen molar-refractivity contribution in [2.75, 3.05) is 7.11 Å². The molecule has 1 fully saturated rings. The fourth-order valence-electron chi connectivity index (χ4n) is 3.37. The molecule has 0 unspecified atom stereocenters. The first kappa shape index (κ1) is 16.1. The maximum atomic E-state index is 12.7. The molecular weight excluding hydrogens is 334 g/mol. The van der Waals surface area contributed by atoms with Gasteiger partial charge < -0.3 is 10.1 Å². The molecule has 5 nitrogen and oxygen atoms in total. The minimum absolute atomic E-state index is 0.00672. The number of thiazole rings is 1. The quantitative estimate of drug-likeness (QED) is 0.765. The van der Waals surface area contributed by atoms with Gasteiger partial charge in [-0.05, 0) is 25.0 Å². The third-order valence-corrected chi connectivity index (χ3v) is 5.59. The Morgan fingerprint density at radius 2 is 2.16 bits per heavy atom. The molecule has 1 aliphatic rings. The van der Waals surface area contributed by atoms with Crippen LogP contribution < -0.4 is 10.1 Å². The number of rotatable bonds is 4. The first-order valence-corrected chi connectivity index (χ1v) is 9.54. The van der Waals surface area contributed by atoms with Crippen LogP contribution in [0.3, 0.4) is 0 Å². The normalized spacial score (nSPS) is 15.4. The molecule has 2 aromatic heterocycles. The number of benzene rings is 1. The molecule has 1 N–H and O–H groups in total. The second-order valence-corrected chi connectivity index (χ2v) is 7.28. The van der Waals surface area contributed by atoms with Crippen LogP contribution in [0.4, 0.5) is 0 Å². The van der Waals surface area contributed by atoms with E-state index in [9.17, 15) is 4.79 Å². The van der Waals surface area contributed by atoms with Crippen LogP contribution in [0.25, 0.3) is 16.2 Å². The van der Waals surface area contributed by atoms with Gasteiger partial charge in [0, 0.05) is 23.2 Å². The zero-order valence-electron chi connectivity index (χ0n) is 14.2. The molecule has 25 heavy (non-hydrogen) atoms. The first-order valence-electron chi connectivity index (χ1n) is 8.66. The van der Waals surface area contributed by atoms with Gasteiger partial charge in [-0.3, -0.25) is 9.20 Å². The summed E-state index contributed by atoms with van der Waals surface area (Å²) in [6.45, 7) is 0. The highest BCUT2D eigenvalue weighted by Crippen LogP contribution is 2.26. The smallest absolute Gasteiger partial charge is 0.269 e. The molecule has 0 saturated heterocycles. The van der Waals surface area contributed by atoms with Crippen molar-refractivity contribution in [1.82, 2.24) is 14.7 Å². The number of nitrogens with zero attached hydrogens (tertiary/aromatic N) is 2. The Balaban J connectivity index is 1.60. The zero-order valence-corrected chi connectivity index (χ0v) is 15.0. The van der Waals surface area contributed by atoms with Crippen LogP contribution in [0.5, 0.6) is 5.75 Å². The zero-order chi connectivity index (χ0) is 17.2. The van der Waals surface area contributed by atoms with Crippen molar-refractivity contribution >= 4 is 22.2 Å². The standard InChI is InChI=1S/C19H21N3O2S/c1-24-15-9-5-6-13(10-15)16-11-22-17(12-25-19(22)21-16)18(23)20-14-7-3-2-4-8-14/h5-6,9-12,14H,2-4,7-8H2,1H3,(H,20,23). The Bertz CT molecular complexity index is 893. The van der Waals surface area contributed by atoms with Gasteiger partial charge in [0.25, 0.3) is 5.91 Å². The van der Waals surface area contributed by atoms with Crippen LogP contribution in [-0.2, 0) is 0 Å². The number of hydrogen-bond acceptors (Lipinski definition) is 4. The lowest BCUT2D eigenvalue weighted by Gasteiger charge is -2.22. The number of hydrogen-bond donors (Lipinski definition) is 1. The Hall–Kier alpha value is -2.34. The predicted molar refractivity (Wildman–Crippen MR) is 99.4 cm³/mol. The van der Waals surface area contributed by atoms with Gasteiger partial charge >= 0.3 is 0 Å².